The van der Waals surface area contributed by atoms with E-state index < -0.39 is 5.91 Å². The standard InChI is InChI=1S/C22H18N4O2/c1-14-6-11-18(15(2)12-14)26-22(28)20-5-3-4-19(25-20)21(27)24-17-9-7-16(13-23)8-10-17/h3-12H,1-2H3,(H,24,27)(H,26,28). The number of rotatable bonds is 4. The quantitative estimate of drug-likeness (QED) is 0.723. The summed E-state index contributed by atoms with van der Waals surface area (Å²) in [5.41, 5.74) is 4.06. The van der Waals surface area contributed by atoms with Gasteiger partial charge in [0.1, 0.15) is 11.4 Å². The number of carbonyl (C=O) groups excluding carboxylic acids is 2. The van der Waals surface area contributed by atoms with Crippen molar-refractivity contribution in [3.05, 3.63) is 88.7 Å². The first kappa shape index (κ1) is 18.8. The Kier molecular flexibility index (Phi) is 5.47. The highest BCUT2D eigenvalue weighted by Gasteiger charge is 2.13. The molecule has 2 aromatic carbocycles. The van der Waals surface area contributed by atoms with Gasteiger partial charge in [-0.2, -0.15) is 5.26 Å². The molecule has 138 valence electrons. The van der Waals surface area contributed by atoms with Crippen LogP contribution in [0, 0.1) is 25.2 Å². The van der Waals surface area contributed by atoms with E-state index in [1.807, 2.05) is 38.1 Å². The second kappa shape index (κ2) is 8.14. The number of carbonyl (C=O) groups is 2. The fourth-order valence-corrected chi connectivity index (χ4v) is 2.65. The van der Waals surface area contributed by atoms with Gasteiger partial charge in [0.2, 0.25) is 0 Å². The Morgan fingerprint density at radius 3 is 2.14 bits per heavy atom. The summed E-state index contributed by atoms with van der Waals surface area (Å²) in [4.78, 5) is 29.1. The zero-order chi connectivity index (χ0) is 20.1. The average molecular weight is 370 g/mol. The van der Waals surface area contributed by atoms with Crippen molar-refractivity contribution in [3.63, 3.8) is 0 Å². The third-order valence-electron chi connectivity index (χ3n) is 4.12. The molecule has 0 saturated heterocycles. The molecule has 0 aliphatic heterocycles. The maximum atomic E-state index is 12.5. The first-order valence-corrected chi connectivity index (χ1v) is 8.63. The Hall–Kier alpha value is -3.98. The molecule has 6 heteroatoms. The SMILES string of the molecule is Cc1ccc(NC(=O)c2cccc(C(=O)Nc3ccc(C#N)cc3)n2)c(C)c1. The first-order chi connectivity index (χ1) is 13.5. The Bertz CT molecular complexity index is 1080. The number of aryl methyl sites for hydroxylation is 2. The molecule has 0 fully saturated rings. The summed E-state index contributed by atoms with van der Waals surface area (Å²) in [6.07, 6.45) is 0. The van der Waals surface area contributed by atoms with Crippen LogP contribution < -0.4 is 10.6 Å². The summed E-state index contributed by atoms with van der Waals surface area (Å²) in [6, 6.07) is 18.9. The van der Waals surface area contributed by atoms with E-state index in [4.69, 9.17) is 5.26 Å². The minimum Gasteiger partial charge on any atom is -0.321 e. The van der Waals surface area contributed by atoms with E-state index >= 15 is 0 Å². The Morgan fingerprint density at radius 2 is 1.54 bits per heavy atom. The number of pyridine rings is 1. The normalized spacial score (nSPS) is 10.0. The summed E-state index contributed by atoms with van der Waals surface area (Å²) < 4.78 is 0. The monoisotopic (exact) mass is 370 g/mol. The van der Waals surface area contributed by atoms with Gasteiger partial charge < -0.3 is 10.6 Å². The van der Waals surface area contributed by atoms with Gasteiger partial charge in [-0.25, -0.2) is 4.98 Å². The Labute approximate surface area is 162 Å². The van der Waals surface area contributed by atoms with Crippen LogP contribution in [0.4, 0.5) is 11.4 Å². The smallest absolute Gasteiger partial charge is 0.274 e. The molecule has 0 bridgehead atoms. The fourth-order valence-electron chi connectivity index (χ4n) is 2.65. The van der Waals surface area contributed by atoms with Crippen molar-refractivity contribution < 1.29 is 9.59 Å². The minimum atomic E-state index is -0.439. The third kappa shape index (κ3) is 4.40. The number of hydrogen-bond donors (Lipinski definition) is 2. The lowest BCUT2D eigenvalue weighted by Gasteiger charge is -2.10. The summed E-state index contributed by atoms with van der Waals surface area (Å²) >= 11 is 0. The topological polar surface area (TPSA) is 94.9 Å². The maximum absolute atomic E-state index is 12.5. The number of aromatic nitrogens is 1. The molecule has 6 nitrogen and oxygen atoms in total. The average Bonchev–Trinajstić information content (AvgIpc) is 2.70. The number of nitriles is 1. The van der Waals surface area contributed by atoms with Crippen LogP contribution in [0.2, 0.25) is 0 Å². The molecular weight excluding hydrogens is 352 g/mol. The lowest BCUT2D eigenvalue weighted by molar-refractivity contribution is 0.101. The third-order valence-corrected chi connectivity index (χ3v) is 4.12. The molecule has 0 aliphatic carbocycles. The van der Waals surface area contributed by atoms with Crippen LogP contribution in [-0.2, 0) is 0 Å². The number of benzene rings is 2. The molecule has 0 radical (unpaired) electrons. The largest absolute Gasteiger partial charge is 0.321 e. The van der Waals surface area contributed by atoms with Crippen molar-refractivity contribution in [3.8, 4) is 6.07 Å². The molecular formula is C22H18N4O2. The molecule has 0 aliphatic rings. The van der Waals surface area contributed by atoms with Gasteiger partial charge in [-0.3, -0.25) is 9.59 Å². The number of anilines is 2. The van der Waals surface area contributed by atoms with Gasteiger partial charge in [-0.05, 0) is 61.9 Å². The highest BCUT2D eigenvalue weighted by Crippen LogP contribution is 2.17. The summed E-state index contributed by atoms with van der Waals surface area (Å²) in [5, 5.41) is 14.3. The molecule has 3 aromatic rings. The van der Waals surface area contributed by atoms with E-state index in [0.717, 1.165) is 11.1 Å². The minimum absolute atomic E-state index is 0.123. The lowest BCUT2D eigenvalue weighted by atomic mass is 10.1. The predicted molar refractivity (Wildman–Crippen MR) is 107 cm³/mol. The van der Waals surface area contributed by atoms with Gasteiger partial charge in [-0.15, -0.1) is 0 Å². The highest BCUT2D eigenvalue weighted by molar-refractivity contribution is 6.06. The van der Waals surface area contributed by atoms with Crippen molar-refractivity contribution in [2.45, 2.75) is 13.8 Å². The number of nitrogens with zero attached hydrogens (tertiary/aromatic N) is 2. The van der Waals surface area contributed by atoms with E-state index in [1.165, 1.54) is 6.07 Å². The summed E-state index contributed by atoms with van der Waals surface area (Å²) in [5.74, 6) is -0.828. The number of hydrogen-bond acceptors (Lipinski definition) is 4. The molecule has 0 unspecified atom stereocenters. The molecule has 1 heterocycles. The molecule has 3 rings (SSSR count). The van der Waals surface area contributed by atoms with Crippen LogP contribution >= 0.6 is 0 Å². The van der Waals surface area contributed by atoms with Gasteiger partial charge in [0.05, 0.1) is 11.6 Å². The van der Waals surface area contributed by atoms with Gasteiger partial charge >= 0.3 is 0 Å². The van der Waals surface area contributed by atoms with Crippen molar-refractivity contribution in [2.24, 2.45) is 0 Å². The molecule has 2 amide bonds. The second-order valence-electron chi connectivity index (χ2n) is 6.32. The highest BCUT2D eigenvalue weighted by atomic mass is 16.2. The fraction of sp³-hybridized carbons (Fsp3) is 0.0909. The van der Waals surface area contributed by atoms with Gasteiger partial charge in [0, 0.05) is 11.4 Å². The molecule has 0 atom stereocenters. The van der Waals surface area contributed by atoms with E-state index in [1.54, 1.807) is 36.4 Å². The second-order valence-corrected chi connectivity index (χ2v) is 6.32. The lowest BCUT2D eigenvalue weighted by Crippen LogP contribution is -2.18. The van der Waals surface area contributed by atoms with Crippen molar-refractivity contribution in [2.75, 3.05) is 10.6 Å². The van der Waals surface area contributed by atoms with E-state index in [2.05, 4.69) is 15.6 Å². The van der Waals surface area contributed by atoms with Crippen LogP contribution in [-0.4, -0.2) is 16.8 Å². The molecule has 0 spiro atoms. The van der Waals surface area contributed by atoms with Crippen LogP contribution in [0.25, 0.3) is 0 Å². The summed E-state index contributed by atoms with van der Waals surface area (Å²) in [6.45, 7) is 3.90. The van der Waals surface area contributed by atoms with Crippen molar-refractivity contribution >= 4 is 23.2 Å². The van der Waals surface area contributed by atoms with Crippen molar-refractivity contribution in [1.29, 1.82) is 5.26 Å². The molecule has 0 saturated carbocycles. The van der Waals surface area contributed by atoms with Gasteiger partial charge in [-0.1, -0.05) is 23.8 Å². The zero-order valence-electron chi connectivity index (χ0n) is 15.5. The number of amides is 2. The summed E-state index contributed by atoms with van der Waals surface area (Å²) in [7, 11) is 0. The van der Waals surface area contributed by atoms with Crippen LogP contribution in [0.5, 0.6) is 0 Å². The molecule has 2 N–H and O–H groups in total. The van der Waals surface area contributed by atoms with E-state index in [0.29, 0.717) is 16.9 Å². The first-order valence-electron chi connectivity index (χ1n) is 8.63. The maximum Gasteiger partial charge on any atom is 0.274 e. The molecule has 1 aromatic heterocycles. The van der Waals surface area contributed by atoms with Crippen molar-refractivity contribution in [1.82, 2.24) is 4.98 Å². The molecule has 28 heavy (non-hydrogen) atoms. The zero-order valence-corrected chi connectivity index (χ0v) is 15.5. The van der Waals surface area contributed by atoms with E-state index in [9.17, 15) is 9.59 Å². The Morgan fingerprint density at radius 1 is 0.893 bits per heavy atom. The van der Waals surface area contributed by atoms with Crippen LogP contribution in [0.15, 0.2) is 60.7 Å². The van der Waals surface area contributed by atoms with Crippen LogP contribution in [0.3, 0.4) is 0 Å². The predicted octanol–water partition coefficient (Wildman–Crippen LogP) is 4.07. The van der Waals surface area contributed by atoms with Gasteiger partial charge in [0.15, 0.2) is 0 Å². The van der Waals surface area contributed by atoms with E-state index in [-0.39, 0.29) is 17.3 Å². The Balaban J connectivity index is 1.74. The number of nitrogens with one attached hydrogen (secondary N) is 2. The van der Waals surface area contributed by atoms with Crippen LogP contribution in [0.1, 0.15) is 37.7 Å². The van der Waals surface area contributed by atoms with Gasteiger partial charge in [0.25, 0.3) is 11.8 Å².